The molecule has 0 aromatic heterocycles. The first-order chi connectivity index (χ1) is 15.5. The quantitative estimate of drug-likeness (QED) is 0.557. The van der Waals surface area contributed by atoms with E-state index in [1.165, 1.54) is 0 Å². The SMILES string of the molecule is C=CCNC(=O)[C@@H]1CC(=O)N(c2ccc(OCC(=O)Nc3ccc(OCC)cc3)cc2)C1. The molecule has 0 bridgehead atoms. The lowest BCUT2D eigenvalue weighted by atomic mass is 10.1. The highest BCUT2D eigenvalue weighted by molar-refractivity contribution is 6.00. The van der Waals surface area contributed by atoms with Crippen LogP contribution in [0.1, 0.15) is 13.3 Å². The molecule has 1 atom stereocenters. The van der Waals surface area contributed by atoms with Crippen molar-refractivity contribution in [3.63, 3.8) is 0 Å². The fraction of sp³-hybridized carbons (Fsp3) is 0.292. The Morgan fingerprint density at radius 1 is 1.09 bits per heavy atom. The zero-order valence-electron chi connectivity index (χ0n) is 18.0. The van der Waals surface area contributed by atoms with Crippen LogP contribution >= 0.6 is 0 Å². The third-order valence-corrected chi connectivity index (χ3v) is 4.88. The van der Waals surface area contributed by atoms with Crippen LogP contribution in [0.25, 0.3) is 0 Å². The number of hydrogen-bond acceptors (Lipinski definition) is 5. The monoisotopic (exact) mass is 437 g/mol. The van der Waals surface area contributed by atoms with E-state index in [1.807, 2.05) is 6.92 Å². The first-order valence-corrected chi connectivity index (χ1v) is 10.4. The van der Waals surface area contributed by atoms with E-state index in [4.69, 9.17) is 9.47 Å². The first-order valence-electron chi connectivity index (χ1n) is 10.4. The van der Waals surface area contributed by atoms with Crippen molar-refractivity contribution in [3.8, 4) is 11.5 Å². The Kier molecular flexibility index (Phi) is 7.85. The fourth-order valence-electron chi connectivity index (χ4n) is 3.32. The molecule has 1 heterocycles. The highest BCUT2D eigenvalue weighted by atomic mass is 16.5. The van der Waals surface area contributed by atoms with Crippen molar-refractivity contribution in [2.24, 2.45) is 5.92 Å². The summed E-state index contributed by atoms with van der Waals surface area (Å²) in [5, 5.41) is 5.49. The Bertz CT molecular complexity index is 957. The van der Waals surface area contributed by atoms with E-state index in [9.17, 15) is 14.4 Å². The van der Waals surface area contributed by atoms with Gasteiger partial charge in [0.2, 0.25) is 11.8 Å². The lowest BCUT2D eigenvalue weighted by Gasteiger charge is -2.17. The molecule has 3 amide bonds. The Balaban J connectivity index is 1.49. The number of nitrogens with one attached hydrogen (secondary N) is 2. The van der Waals surface area contributed by atoms with Crippen LogP contribution in [0.5, 0.6) is 11.5 Å². The summed E-state index contributed by atoms with van der Waals surface area (Å²) in [6, 6.07) is 13.9. The average Bonchev–Trinajstić information content (AvgIpc) is 3.19. The Morgan fingerprint density at radius 3 is 2.41 bits per heavy atom. The van der Waals surface area contributed by atoms with E-state index in [0.29, 0.717) is 36.8 Å². The molecule has 8 heteroatoms. The minimum absolute atomic E-state index is 0.104. The molecule has 8 nitrogen and oxygen atoms in total. The van der Waals surface area contributed by atoms with Gasteiger partial charge in [0.1, 0.15) is 11.5 Å². The molecule has 168 valence electrons. The van der Waals surface area contributed by atoms with E-state index >= 15 is 0 Å². The number of carbonyl (C=O) groups is 3. The van der Waals surface area contributed by atoms with Gasteiger partial charge in [-0.2, -0.15) is 0 Å². The summed E-state index contributed by atoms with van der Waals surface area (Å²) in [6.45, 7) is 6.60. The molecular weight excluding hydrogens is 410 g/mol. The van der Waals surface area contributed by atoms with Crippen molar-refractivity contribution in [1.82, 2.24) is 5.32 Å². The number of rotatable bonds is 10. The van der Waals surface area contributed by atoms with Crippen molar-refractivity contribution in [2.45, 2.75) is 13.3 Å². The Labute approximate surface area is 187 Å². The third-order valence-electron chi connectivity index (χ3n) is 4.88. The summed E-state index contributed by atoms with van der Waals surface area (Å²) in [7, 11) is 0. The van der Waals surface area contributed by atoms with Crippen molar-refractivity contribution < 1.29 is 23.9 Å². The molecular formula is C24H27N3O5. The van der Waals surface area contributed by atoms with Gasteiger partial charge in [0.05, 0.1) is 12.5 Å². The molecule has 32 heavy (non-hydrogen) atoms. The molecule has 1 fully saturated rings. The van der Waals surface area contributed by atoms with Gasteiger partial charge in [-0.1, -0.05) is 6.08 Å². The summed E-state index contributed by atoms with van der Waals surface area (Å²) in [6.07, 6.45) is 1.77. The van der Waals surface area contributed by atoms with Crippen LogP contribution in [0.3, 0.4) is 0 Å². The summed E-state index contributed by atoms with van der Waals surface area (Å²) >= 11 is 0. The van der Waals surface area contributed by atoms with Gasteiger partial charge in [0, 0.05) is 30.9 Å². The van der Waals surface area contributed by atoms with E-state index < -0.39 is 0 Å². The second-order valence-corrected chi connectivity index (χ2v) is 7.23. The van der Waals surface area contributed by atoms with E-state index in [1.54, 1.807) is 59.5 Å². The van der Waals surface area contributed by atoms with Gasteiger partial charge >= 0.3 is 0 Å². The van der Waals surface area contributed by atoms with Crippen molar-refractivity contribution >= 4 is 29.1 Å². The van der Waals surface area contributed by atoms with Gasteiger partial charge in [0.25, 0.3) is 5.91 Å². The average molecular weight is 437 g/mol. The van der Waals surface area contributed by atoms with Crippen molar-refractivity contribution in [2.75, 3.05) is 36.5 Å². The maximum atomic E-state index is 12.3. The molecule has 0 unspecified atom stereocenters. The van der Waals surface area contributed by atoms with Gasteiger partial charge < -0.3 is 25.0 Å². The molecule has 1 saturated heterocycles. The lowest BCUT2D eigenvalue weighted by Crippen LogP contribution is -2.32. The fourth-order valence-corrected chi connectivity index (χ4v) is 3.32. The number of hydrogen-bond donors (Lipinski definition) is 2. The molecule has 1 aliphatic rings. The molecule has 2 N–H and O–H groups in total. The normalized spacial score (nSPS) is 15.2. The van der Waals surface area contributed by atoms with Crippen molar-refractivity contribution in [3.05, 3.63) is 61.2 Å². The van der Waals surface area contributed by atoms with E-state index in [2.05, 4.69) is 17.2 Å². The number of amides is 3. The standard InChI is InChI=1S/C24H27N3O5/c1-3-13-25-24(30)17-14-23(29)27(15-17)19-7-11-21(12-8-19)32-16-22(28)26-18-5-9-20(10-6-18)31-4-2/h3,5-12,17H,1,4,13-16H2,2H3,(H,25,30)(H,26,28)/t17-/m1/s1. The number of carbonyl (C=O) groups excluding carboxylic acids is 3. The summed E-state index contributed by atoms with van der Waals surface area (Å²) < 4.78 is 10.9. The highest BCUT2D eigenvalue weighted by Crippen LogP contribution is 2.27. The molecule has 3 rings (SSSR count). The van der Waals surface area contributed by atoms with Gasteiger partial charge in [0.15, 0.2) is 6.61 Å². The topological polar surface area (TPSA) is 97.0 Å². The van der Waals surface area contributed by atoms with Crippen LogP contribution in [-0.2, 0) is 14.4 Å². The summed E-state index contributed by atoms with van der Waals surface area (Å²) in [4.78, 5) is 38.1. The van der Waals surface area contributed by atoms with Crippen LogP contribution in [0, 0.1) is 5.92 Å². The minimum Gasteiger partial charge on any atom is -0.494 e. The molecule has 0 radical (unpaired) electrons. The van der Waals surface area contributed by atoms with Gasteiger partial charge in [-0.05, 0) is 55.5 Å². The summed E-state index contributed by atoms with van der Waals surface area (Å²) in [5.41, 5.74) is 1.33. The van der Waals surface area contributed by atoms with Crippen molar-refractivity contribution in [1.29, 1.82) is 0 Å². The zero-order valence-corrected chi connectivity index (χ0v) is 18.0. The highest BCUT2D eigenvalue weighted by Gasteiger charge is 2.34. The number of ether oxygens (including phenoxy) is 2. The van der Waals surface area contributed by atoms with Gasteiger partial charge in [-0.3, -0.25) is 14.4 Å². The predicted octanol–water partition coefficient (Wildman–Crippen LogP) is 2.76. The predicted molar refractivity (Wildman–Crippen MR) is 122 cm³/mol. The van der Waals surface area contributed by atoms with Crippen LogP contribution in [0.4, 0.5) is 11.4 Å². The maximum absolute atomic E-state index is 12.3. The number of nitrogens with zero attached hydrogens (tertiary/aromatic N) is 1. The second kappa shape index (κ2) is 11.0. The van der Waals surface area contributed by atoms with Crippen LogP contribution in [-0.4, -0.2) is 44.0 Å². The molecule has 2 aromatic carbocycles. The number of anilines is 2. The third kappa shape index (κ3) is 6.10. The summed E-state index contributed by atoms with van der Waals surface area (Å²) in [5.74, 6) is 0.307. The molecule has 0 saturated carbocycles. The minimum atomic E-state index is -0.385. The lowest BCUT2D eigenvalue weighted by molar-refractivity contribution is -0.126. The maximum Gasteiger partial charge on any atom is 0.262 e. The van der Waals surface area contributed by atoms with Gasteiger partial charge in [-0.15, -0.1) is 6.58 Å². The first kappa shape index (κ1) is 22.9. The Hall–Kier alpha value is -3.81. The zero-order chi connectivity index (χ0) is 22.9. The second-order valence-electron chi connectivity index (χ2n) is 7.23. The van der Waals surface area contributed by atoms with E-state index in [-0.39, 0.29) is 36.7 Å². The van der Waals surface area contributed by atoms with Crippen LogP contribution in [0.2, 0.25) is 0 Å². The van der Waals surface area contributed by atoms with E-state index in [0.717, 1.165) is 5.75 Å². The van der Waals surface area contributed by atoms with Crippen LogP contribution in [0.15, 0.2) is 61.2 Å². The molecule has 1 aliphatic heterocycles. The molecule has 0 spiro atoms. The largest absolute Gasteiger partial charge is 0.494 e. The number of benzene rings is 2. The van der Waals surface area contributed by atoms with Gasteiger partial charge in [-0.25, -0.2) is 0 Å². The molecule has 2 aromatic rings. The molecule has 0 aliphatic carbocycles. The Morgan fingerprint density at radius 2 is 1.75 bits per heavy atom. The van der Waals surface area contributed by atoms with Crippen LogP contribution < -0.4 is 25.0 Å². The smallest absolute Gasteiger partial charge is 0.262 e.